The van der Waals surface area contributed by atoms with Gasteiger partial charge in [0.25, 0.3) is 11.8 Å². The van der Waals surface area contributed by atoms with Crippen molar-refractivity contribution < 1.29 is 22.4 Å². The van der Waals surface area contributed by atoms with Gasteiger partial charge in [-0.2, -0.15) is 8.78 Å². The summed E-state index contributed by atoms with van der Waals surface area (Å²) in [4.78, 5) is 16.3. The third kappa shape index (κ3) is 2.18. The molecule has 2 aliphatic rings. The first kappa shape index (κ1) is 14.6. The third-order valence-corrected chi connectivity index (χ3v) is 5.01. The summed E-state index contributed by atoms with van der Waals surface area (Å²) in [5, 5.41) is 0.987. The van der Waals surface area contributed by atoms with Crippen molar-refractivity contribution in [3.8, 4) is 0 Å². The minimum atomic E-state index is -3.77. The molecular formula is C12H13F4N3OS. The van der Waals surface area contributed by atoms with Crippen LogP contribution >= 0.6 is 11.3 Å². The lowest BCUT2D eigenvalue weighted by atomic mass is 9.92. The van der Waals surface area contributed by atoms with Crippen molar-refractivity contribution in [3.05, 3.63) is 11.1 Å². The van der Waals surface area contributed by atoms with Gasteiger partial charge in [0.1, 0.15) is 5.69 Å². The molecule has 1 spiro atoms. The molecule has 2 N–H and O–H groups in total. The Labute approximate surface area is 121 Å². The number of likely N-dealkylation sites (tertiary alicyclic amines) is 1. The van der Waals surface area contributed by atoms with E-state index >= 15 is 0 Å². The average molecular weight is 323 g/mol. The van der Waals surface area contributed by atoms with Crippen LogP contribution in [0.1, 0.15) is 25.0 Å². The highest BCUT2D eigenvalue weighted by Gasteiger charge is 2.71. The van der Waals surface area contributed by atoms with Crippen molar-refractivity contribution >= 4 is 22.4 Å². The maximum absolute atomic E-state index is 14.1. The molecule has 2 heterocycles. The van der Waals surface area contributed by atoms with Crippen LogP contribution in [0.15, 0.2) is 5.38 Å². The smallest absolute Gasteiger partial charge is 0.367 e. The maximum atomic E-state index is 14.1. The average Bonchev–Trinajstić information content (AvgIpc) is 2.76. The quantitative estimate of drug-likeness (QED) is 0.851. The number of piperidine rings is 1. The standard InChI is InChI=1S/C12H13F4N3OS/c13-11(14)6-10(11)1-3-19(4-2-10)8(20)12(15,16)7-5-21-9(17)18-7/h5H,1-4,6H2,(H2,17,18). The molecule has 21 heavy (non-hydrogen) atoms. The molecule has 1 aromatic heterocycles. The third-order valence-electron chi connectivity index (χ3n) is 4.33. The van der Waals surface area contributed by atoms with Gasteiger partial charge in [-0.3, -0.25) is 4.79 Å². The largest absolute Gasteiger partial charge is 0.375 e. The van der Waals surface area contributed by atoms with E-state index < -0.39 is 28.9 Å². The van der Waals surface area contributed by atoms with Gasteiger partial charge in [-0.05, 0) is 12.8 Å². The van der Waals surface area contributed by atoms with Crippen LogP contribution in [0, 0.1) is 5.41 Å². The van der Waals surface area contributed by atoms with Gasteiger partial charge < -0.3 is 10.6 Å². The Morgan fingerprint density at radius 1 is 1.38 bits per heavy atom. The Morgan fingerprint density at radius 2 is 1.95 bits per heavy atom. The van der Waals surface area contributed by atoms with Gasteiger partial charge in [0.05, 0.1) is 0 Å². The number of nitrogens with two attached hydrogens (primary N) is 1. The summed E-state index contributed by atoms with van der Waals surface area (Å²) in [6, 6.07) is 0. The topological polar surface area (TPSA) is 59.2 Å². The summed E-state index contributed by atoms with van der Waals surface area (Å²) in [5.41, 5.74) is 3.53. The predicted octanol–water partition coefficient (Wildman–Crippen LogP) is 2.46. The Balaban J connectivity index is 1.69. The van der Waals surface area contributed by atoms with E-state index in [4.69, 9.17) is 5.73 Å². The summed E-state index contributed by atoms with van der Waals surface area (Å²) < 4.78 is 54.6. The van der Waals surface area contributed by atoms with Crippen molar-refractivity contribution in [2.45, 2.75) is 31.1 Å². The Hall–Kier alpha value is -1.38. The number of nitrogens with zero attached hydrogens (tertiary/aromatic N) is 2. The van der Waals surface area contributed by atoms with Crippen molar-refractivity contribution in [3.63, 3.8) is 0 Å². The van der Waals surface area contributed by atoms with Gasteiger partial charge in [0.2, 0.25) is 0 Å². The normalized spacial score (nSPS) is 23.3. The van der Waals surface area contributed by atoms with Gasteiger partial charge in [-0.15, -0.1) is 11.3 Å². The van der Waals surface area contributed by atoms with Crippen LogP contribution in [0.3, 0.4) is 0 Å². The van der Waals surface area contributed by atoms with Crippen LogP contribution in [0.5, 0.6) is 0 Å². The second kappa shape index (κ2) is 4.31. The van der Waals surface area contributed by atoms with Crippen LogP contribution in [-0.2, 0) is 10.7 Å². The van der Waals surface area contributed by atoms with E-state index in [1.165, 1.54) is 0 Å². The molecule has 1 aromatic rings. The summed E-state index contributed by atoms with van der Waals surface area (Å²) in [6.45, 7) is -0.159. The van der Waals surface area contributed by atoms with Crippen molar-refractivity contribution in [2.24, 2.45) is 5.41 Å². The fraction of sp³-hybridized carbons (Fsp3) is 0.667. The highest BCUT2D eigenvalue weighted by Crippen LogP contribution is 2.65. The first-order chi connectivity index (χ1) is 9.68. The number of rotatable bonds is 2. The van der Waals surface area contributed by atoms with E-state index in [9.17, 15) is 22.4 Å². The lowest BCUT2D eigenvalue weighted by Crippen LogP contribution is -2.47. The van der Waals surface area contributed by atoms with Gasteiger partial charge in [0, 0.05) is 30.3 Å². The molecule has 1 aliphatic carbocycles. The fourth-order valence-electron chi connectivity index (χ4n) is 2.80. The Kier molecular flexibility index (Phi) is 2.99. The van der Waals surface area contributed by atoms with E-state index in [-0.39, 0.29) is 37.5 Å². The van der Waals surface area contributed by atoms with Gasteiger partial charge in [-0.25, -0.2) is 13.8 Å². The zero-order valence-electron chi connectivity index (χ0n) is 10.9. The van der Waals surface area contributed by atoms with E-state index in [2.05, 4.69) is 4.98 Å². The number of amides is 1. The van der Waals surface area contributed by atoms with E-state index in [0.717, 1.165) is 21.6 Å². The maximum Gasteiger partial charge on any atom is 0.367 e. The molecule has 3 rings (SSSR count). The molecule has 1 saturated carbocycles. The van der Waals surface area contributed by atoms with Crippen LogP contribution in [0.4, 0.5) is 22.7 Å². The zero-order valence-corrected chi connectivity index (χ0v) is 11.7. The zero-order chi connectivity index (χ0) is 15.5. The van der Waals surface area contributed by atoms with Crippen LogP contribution in [0.25, 0.3) is 0 Å². The number of hydrogen-bond donors (Lipinski definition) is 1. The molecular weight excluding hydrogens is 310 g/mol. The van der Waals surface area contributed by atoms with E-state index in [1.54, 1.807) is 0 Å². The molecule has 0 radical (unpaired) electrons. The van der Waals surface area contributed by atoms with E-state index in [1.807, 2.05) is 0 Å². The second-order valence-corrected chi connectivity index (χ2v) is 6.49. The highest BCUT2D eigenvalue weighted by molar-refractivity contribution is 7.13. The summed E-state index contributed by atoms with van der Waals surface area (Å²) in [5.74, 6) is -7.88. The van der Waals surface area contributed by atoms with Crippen molar-refractivity contribution in [1.29, 1.82) is 0 Å². The van der Waals surface area contributed by atoms with Gasteiger partial charge >= 0.3 is 5.92 Å². The lowest BCUT2D eigenvalue weighted by Gasteiger charge is -2.33. The number of halogens is 4. The summed E-state index contributed by atoms with van der Waals surface area (Å²) >= 11 is 0.822. The van der Waals surface area contributed by atoms with Crippen molar-refractivity contribution in [2.75, 3.05) is 18.8 Å². The number of carbonyl (C=O) groups excluding carboxylic acids is 1. The summed E-state index contributed by atoms with van der Waals surface area (Å²) in [7, 11) is 0. The first-order valence-electron chi connectivity index (χ1n) is 6.44. The first-order valence-corrected chi connectivity index (χ1v) is 7.32. The second-order valence-electron chi connectivity index (χ2n) is 5.60. The minimum absolute atomic E-state index is 0.0484. The van der Waals surface area contributed by atoms with E-state index in [0.29, 0.717) is 0 Å². The molecule has 116 valence electrons. The molecule has 9 heteroatoms. The number of aromatic nitrogens is 1. The fourth-order valence-corrected chi connectivity index (χ4v) is 3.39. The van der Waals surface area contributed by atoms with Crippen LogP contribution < -0.4 is 5.73 Å². The highest BCUT2D eigenvalue weighted by atomic mass is 32.1. The molecule has 0 atom stereocenters. The molecule has 1 amide bonds. The molecule has 0 unspecified atom stereocenters. The van der Waals surface area contributed by atoms with Gasteiger partial charge in [0.15, 0.2) is 5.13 Å². The number of thiazole rings is 1. The van der Waals surface area contributed by atoms with Gasteiger partial charge in [-0.1, -0.05) is 0 Å². The SMILES string of the molecule is Nc1nc(C(F)(F)C(=O)N2CCC3(CC2)CC3(F)F)cs1. The molecule has 0 bridgehead atoms. The number of alkyl halides is 4. The molecule has 4 nitrogen and oxygen atoms in total. The monoisotopic (exact) mass is 323 g/mol. The Bertz CT molecular complexity index is 581. The number of carbonyl (C=O) groups is 1. The molecule has 1 aliphatic heterocycles. The minimum Gasteiger partial charge on any atom is -0.375 e. The molecule has 0 aromatic carbocycles. The molecule has 1 saturated heterocycles. The Morgan fingerprint density at radius 3 is 2.38 bits per heavy atom. The van der Waals surface area contributed by atoms with Crippen molar-refractivity contribution in [1.82, 2.24) is 9.88 Å². The van der Waals surface area contributed by atoms with Crippen LogP contribution in [0.2, 0.25) is 0 Å². The summed E-state index contributed by atoms with van der Waals surface area (Å²) in [6.07, 6.45) is -0.0942. The number of hydrogen-bond acceptors (Lipinski definition) is 4. The van der Waals surface area contributed by atoms with Crippen LogP contribution in [-0.4, -0.2) is 34.8 Å². The number of anilines is 1. The predicted molar refractivity (Wildman–Crippen MR) is 68.2 cm³/mol. The lowest BCUT2D eigenvalue weighted by molar-refractivity contribution is -0.161. The number of nitrogen functional groups attached to an aromatic ring is 1. The molecule has 2 fully saturated rings.